The Balaban J connectivity index is 1.79. The van der Waals surface area contributed by atoms with Crippen molar-refractivity contribution in [3.05, 3.63) is 54.1 Å². The van der Waals surface area contributed by atoms with E-state index in [0.717, 1.165) is 24.5 Å². The van der Waals surface area contributed by atoms with E-state index in [-0.39, 0.29) is 5.91 Å². The van der Waals surface area contributed by atoms with E-state index in [4.69, 9.17) is 18.0 Å². The standard InChI is InChI=1S/C28H43N3O5Si/c1-5-9-10-11-22-33-27-19-17-26(18-20-27)31-30-25-15-13-24(14-16-25)28(32)29-21-12-23-37(34-6-2,35-7-3)36-8-4/h13-20H,5-12,21-23H2,1-4H3,(H,29,32). The normalized spacial score (nSPS) is 11.7. The summed E-state index contributed by atoms with van der Waals surface area (Å²) in [5.74, 6) is 0.706. The Bertz CT molecular complexity index is 905. The first-order valence-corrected chi connectivity index (χ1v) is 15.4. The fraction of sp³-hybridized carbons (Fsp3) is 0.536. The Labute approximate surface area is 223 Å². The number of rotatable bonds is 19. The zero-order chi connectivity index (χ0) is 26.8. The Hall–Kier alpha value is -2.59. The number of hydrogen-bond donors (Lipinski definition) is 1. The van der Waals surface area contributed by atoms with Crippen LogP contribution in [0.5, 0.6) is 5.75 Å². The van der Waals surface area contributed by atoms with Crippen molar-refractivity contribution in [2.45, 2.75) is 65.8 Å². The lowest BCUT2D eigenvalue weighted by Crippen LogP contribution is -2.46. The third-order valence-corrected chi connectivity index (χ3v) is 8.70. The molecule has 37 heavy (non-hydrogen) atoms. The van der Waals surface area contributed by atoms with Gasteiger partial charge in [0.1, 0.15) is 5.75 Å². The topological polar surface area (TPSA) is 90.7 Å². The molecule has 0 bridgehead atoms. The summed E-state index contributed by atoms with van der Waals surface area (Å²) >= 11 is 0. The van der Waals surface area contributed by atoms with Crippen molar-refractivity contribution in [1.82, 2.24) is 5.32 Å². The molecule has 0 saturated heterocycles. The smallest absolute Gasteiger partial charge is 0.494 e. The zero-order valence-corrected chi connectivity index (χ0v) is 23.8. The molecule has 1 amide bonds. The van der Waals surface area contributed by atoms with Crippen LogP contribution in [0.15, 0.2) is 58.8 Å². The third kappa shape index (κ3) is 11.6. The fourth-order valence-electron chi connectivity index (χ4n) is 3.73. The van der Waals surface area contributed by atoms with Gasteiger partial charge in [0.15, 0.2) is 0 Å². The summed E-state index contributed by atoms with van der Waals surface area (Å²) < 4.78 is 23.3. The minimum atomic E-state index is -2.69. The van der Waals surface area contributed by atoms with E-state index in [9.17, 15) is 4.79 Å². The summed E-state index contributed by atoms with van der Waals surface area (Å²) in [6.45, 7) is 10.9. The van der Waals surface area contributed by atoms with E-state index in [1.165, 1.54) is 19.3 Å². The van der Waals surface area contributed by atoms with Gasteiger partial charge >= 0.3 is 8.80 Å². The molecule has 0 atom stereocenters. The average molecular weight is 530 g/mol. The monoisotopic (exact) mass is 529 g/mol. The molecule has 2 aromatic carbocycles. The van der Waals surface area contributed by atoms with Crippen LogP contribution in [0.25, 0.3) is 0 Å². The summed E-state index contributed by atoms with van der Waals surface area (Å²) in [6.07, 6.45) is 5.45. The van der Waals surface area contributed by atoms with Crippen molar-refractivity contribution < 1.29 is 22.8 Å². The van der Waals surface area contributed by atoms with Gasteiger partial charge < -0.3 is 23.3 Å². The van der Waals surface area contributed by atoms with Crippen molar-refractivity contribution in [1.29, 1.82) is 0 Å². The largest absolute Gasteiger partial charge is 0.500 e. The molecule has 0 heterocycles. The average Bonchev–Trinajstić information content (AvgIpc) is 2.91. The summed E-state index contributed by atoms with van der Waals surface area (Å²) in [6, 6.07) is 15.3. The fourth-order valence-corrected chi connectivity index (χ4v) is 6.35. The number of nitrogens with zero attached hydrogens (tertiary/aromatic N) is 2. The van der Waals surface area contributed by atoms with E-state index in [0.29, 0.717) is 50.1 Å². The van der Waals surface area contributed by atoms with Gasteiger partial charge in [0.05, 0.1) is 18.0 Å². The molecule has 0 aliphatic heterocycles. The highest BCUT2D eigenvalue weighted by Gasteiger charge is 2.39. The second-order valence-electron chi connectivity index (χ2n) is 8.49. The van der Waals surface area contributed by atoms with Crippen molar-refractivity contribution in [2.75, 3.05) is 33.0 Å². The number of ether oxygens (including phenoxy) is 1. The number of carbonyl (C=O) groups is 1. The van der Waals surface area contributed by atoms with Crippen LogP contribution in [0.2, 0.25) is 6.04 Å². The first-order chi connectivity index (χ1) is 18.1. The molecule has 0 fully saturated rings. The molecule has 0 aliphatic carbocycles. The lowest BCUT2D eigenvalue weighted by Gasteiger charge is -2.28. The van der Waals surface area contributed by atoms with Gasteiger partial charge in [0.2, 0.25) is 0 Å². The van der Waals surface area contributed by atoms with Crippen LogP contribution in [0.3, 0.4) is 0 Å². The predicted octanol–water partition coefficient (Wildman–Crippen LogP) is 7.23. The Morgan fingerprint density at radius 3 is 1.86 bits per heavy atom. The Kier molecular flexibility index (Phi) is 14.7. The van der Waals surface area contributed by atoms with Crippen LogP contribution >= 0.6 is 0 Å². The van der Waals surface area contributed by atoms with Gasteiger partial charge in [-0.1, -0.05) is 26.2 Å². The minimum absolute atomic E-state index is 0.134. The third-order valence-electron chi connectivity index (χ3n) is 5.55. The maximum absolute atomic E-state index is 12.5. The number of hydrogen-bond acceptors (Lipinski definition) is 7. The quantitative estimate of drug-likeness (QED) is 0.118. The van der Waals surface area contributed by atoms with Crippen molar-refractivity contribution >= 4 is 26.1 Å². The first kappa shape index (κ1) is 30.6. The lowest BCUT2D eigenvalue weighted by molar-refractivity contribution is 0.0705. The first-order valence-electron chi connectivity index (χ1n) is 13.5. The highest BCUT2D eigenvalue weighted by atomic mass is 28.4. The number of amides is 1. The number of azo groups is 1. The lowest BCUT2D eigenvalue weighted by atomic mass is 10.2. The molecule has 1 N–H and O–H groups in total. The van der Waals surface area contributed by atoms with Gasteiger partial charge in [0.25, 0.3) is 5.91 Å². The number of carbonyl (C=O) groups excluding carboxylic acids is 1. The van der Waals surface area contributed by atoms with Crippen LogP contribution in [0.4, 0.5) is 11.4 Å². The summed E-state index contributed by atoms with van der Waals surface area (Å²) in [5, 5.41) is 11.5. The van der Waals surface area contributed by atoms with Gasteiger partial charge in [-0.3, -0.25) is 4.79 Å². The summed E-state index contributed by atoms with van der Waals surface area (Å²) in [4.78, 5) is 12.5. The molecule has 8 nitrogen and oxygen atoms in total. The van der Waals surface area contributed by atoms with Crippen LogP contribution in [0, 0.1) is 0 Å². The van der Waals surface area contributed by atoms with E-state index in [1.807, 2.05) is 45.0 Å². The van der Waals surface area contributed by atoms with E-state index >= 15 is 0 Å². The highest BCUT2D eigenvalue weighted by molar-refractivity contribution is 6.60. The van der Waals surface area contributed by atoms with Crippen molar-refractivity contribution in [3.63, 3.8) is 0 Å². The molecule has 2 aromatic rings. The molecule has 0 spiro atoms. The molecule has 0 aromatic heterocycles. The minimum Gasteiger partial charge on any atom is -0.494 e. The van der Waals surface area contributed by atoms with E-state index < -0.39 is 8.80 Å². The molecule has 9 heteroatoms. The number of benzene rings is 2. The maximum atomic E-state index is 12.5. The highest BCUT2D eigenvalue weighted by Crippen LogP contribution is 2.22. The van der Waals surface area contributed by atoms with Gasteiger partial charge in [0, 0.05) is 38.0 Å². The number of unbranched alkanes of at least 4 members (excludes halogenated alkanes) is 3. The van der Waals surface area contributed by atoms with E-state index in [1.54, 1.807) is 24.3 Å². The van der Waals surface area contributed by atoms with Gasteiger partial charge in [-0.2, -0.15) is 10.2 Å². The van der Waals surface area contributed by atoms with E-state index in [2.05, 4.69) is 22.5 Å². The molecule has 0 radical (unpaired) electrons. The van der Waals surface area contributed by atoms with Crippen LogP contribution in [-0.2, 0) is 13.3 Å². The molecule has 0 unspecified atom stereocenters. The van der Waals surface area contributed by atoms with Crippen molar-refractivity contribution in [3.8, 4) is 5.75 Å². The summed E-state index contributed by atoms with van der Waals surface area (Å²) in [7, 11) is -2.69. The second-order valence-corrected chi connectivity index (χ2v) is 11.2. The molecular formula is C28H43N3O5Si. The van der Waals surface area contributed by atoms with Crippen molar-refractivity contribution in [2.24, 2.45) is 10.2 Å². The SMILES string of the molecule is CCCCCCOc1ccc(N=Nc2ccc(C(=O)NCCC[Si](OCC)(OCC)OCC)cc2)cc1. The van der Waals surface area contributed by atoms with Gasteiger partial charge in [-0.05, 0) is 82.1 Å². The van der Waals surface area contributed by atoms with Gasteiger partial charge in [-0.15, -0.1) is 0 Å². The maximum Gasteiger partial charge on any atom is 0.500 e. The molecule has 2 rings (SSSR count). The molecule has 0 saturated carbocycles. The van der Waals surface area contributed by atoms with Crippen LogP contribution in [-0.4, -0.2) is 47.7 Å². The van der Waals surface area contributed by atoms with Gasteiger partial charge in [-0.25, -0.2) is 0 Å². The molecular weight excluding hydrogens is 486 g/mol. The summed E-state index contributed by atoms with van der Waals surface area (Å²) in [5.41, 5.74) is 1.99. The second kappa shape index (κ2) is 17.8. The molecule has 0 aliphatic rings. The number of nitrogens with one attached hydrogen (secondary N) is 1. The van der Waals surface area contributed by atoms with Crippen LogP contribution < -0.4 is 10.1 Å². The Morgan fingerprint density at radius 2 is 1.32 bits per heavy atom. The molecule has 204 valence electrons. The zero-order valence-electron chi connectivity index (χ0n) is 22.8. The van der Waals surface area contributed by atoms with Crippen LogP contribution in [0.1, 0.15) is 70.2 Å². The Morgan fingerprint density at radius 1 is 0.757 bits per heavy atom. The predicted molar refractivity (Wildman–Crippen MR) is 149 cm³/mol.